The third-order valence-corrected chi connectivity index (χ3v) is 4.55. The average Bonchev–Trinajstić information content (AvgIpc) is 3.10. The van der Waals surface area contributed by atoms with Crippen molar-refractivity contribution in [2.45, 2.75) is 12.7 Å². The highest BCUT2D eigenvalue weighted by molar-refractivity contribution is 5.85. The topological polar surface area (TPSA) is 76.4 Å². The van der Waals surface area contributed by atoms with Crippen LogP contribution >= 0.6 is 0 Å². The molecule has 0 aliphatic rings. The summed E-state index contributed by atoms with van der Waals surface area (Å²) in [5.74, 6) is 1.14. The van der Waals surface area contributed by atoms with Crippen molar-refractivity contribution in [3.05, 3.63) is 84.1 Å². The summed E-state index contributed by atoms with van der Waals surface area (Å²) in [6, 6.07) is 18.9. The number of carbonyl (C=O) groups is 1. The lowest BCUT2D eigenvalue weighted by Crippen LogP contribution is -2.20. The molecule has 4 rings (SSSR count). The minimum absolute atomic E-state index is 0.0751. The molecule has 1 amide bonds. The van der Waals surface area contributed by atoms with Crippen molar-refractivity contribution in [2.75, 3.05) is 0 Å². The summed E-state index contributed by atoms with van der Waals surface area (Å²) in [7, 11) is 0. The van der Waals surface area contributed by atoms with Gasteiger partial charge in [-0.1, -0.05) is 18.2 Å². The fourth-order valence-corrected chi connectivity index (χ4v) is 3.13. The Morgan fingerprint density at radius 2 is 1.71 bits per heavy atom. The van der Waals surface area contributed by atoms with E-state index in [4.69, 9.17) is 9.84 Å². The van der Waals surface area contributed by atoms with Gasteiger partial charge >= 0.3 is 12.3 Å². The van der Waals surface area contributed by atoms with Crippen LogP contribution in [0.2, 0.25) is 0 Å². The number of aromatic nitrogens is 2. The van der Waals surface area contributed by atoms with Crippen molar-refractivity contribution < 1.29 is 27.8 Å². The van der Waals surface area contributed by atoms with E-state index < -0.39 is 17.8 Å². The van der Waals surface area contributed by atoms with Crippen LogP contribution in [0.4, 0.5) is 18.0 Å². The molecule has 0 bridgehead atoms. The van der Waals surface area contributed by atoms with Gasteiger partial charge in [0, 0.05) is 5.39 Å². The minimum atomic E-state index is -4.44. The number of carboxylic acid groups (broad SMARTS) is 1. The number of para-hydroxylation sites is 1. The Bertz CT molecular complexity index is 1220. The predicted octanol–water partition coefficient (Wildman–Crippen LogP) is 5.60. The van der Waals surface area contributed by atoms with Crippen molar-refractivity contribution in [2.24, 2.45) is 0 Å². The summed E-state index contributed by atoms with van der Waals surface area (Å²) >= 11 is 0. The van der Waals surface area contributed by atoms with Gasteiger partial charge in [-0.2, -0.15) is 18.3 Å². The van der Waals surface area contributed by atoms with Gasteiger partial charge in [0.2, 0.25) is 0 Å². The van der Waals surface area contributed by atoms with Gasteiger partial charge in [0.25, 0.3) is 0 Å². The van der Waals surface area contributed by atoms with Gasteiger partial charge in [-0.25, -0.2) is 9.48 Å². The summed E-state index contributed by atoms with van der Waals surface area (Å²) in [5, 5.41) is 16.3. The largest absolute Gasteiger partial charge is 0.465 e. The van der Waals surface area contributed by atoms with Crippen LogP contribution in [-0.2, 0) is 12.7 Å². The molecule has 0 aliphatic carbocycles. The molecule has 158 valence electrons. The number of benzene rings is 3. The van der Waals surface area contributed by atoms with Crippen LogP contribution in [0, 0.1) is 0 Å². The quantitative estimate of drug-likeness (QED) is 0.434. The second-order valence-electron chi connectivity index (χ2n) is 6.66. The third kappa shape index (κ3) is 4.45. The molecule has 0 aliphatic heterocycles. The van der Waals surface area contributed by atoms with E-state index in [-0.39, 0.29) is 6.54 Å². The molecular formula is C22H16F3N3O3. The van der Waals surface area contributed by atoms with Crippen LogP contribution < -0.4 is 10.1 Å². The fourth-order valence-electron chi connectivity index (χ4n) is 3.13. The van der Waals surface area contributed by atoms with Gasteiger partial charge in [-0.05, 0) is 54.6 Å². The number of fused-ring (bicyclic) bond motifs is 1. The summed E-state index contributed by atoms with van der Waals surface area (Å²) in [4.78, 5) is 10.9. The lowest BCUT2D eigenvalue weighted by Gasteiger charge is -2.09. The van der Waals surface area contributed by atoms with Gasteiger partial charge in [-0.3, -0.25) is 0 Å². The predicted molar refractivity (Wildman–Crippen MR) is 107 cm³/mol. The Morgan fingerprint density at radius 1 is 1.00 bits per heavy atom. The van der Waals surface area contributed by atoms with Crippen LogP contribution in [0.1, 0.15) is 11.3 Å². The normalized spacial score (nSPS) is 11.5. The maximum absolute atomic E-state index is 12.9. The number of hydrogen-bond donors (Lipinski definition) is 2. The number of hydrogen-bond acceptors (Lipinski definition) is 3. The number of halogens is 3. The van der Waals surface area contributed by atoms with Crippen molar-refractivity contribution in [3.8, 4) is 17.2 Å². The van der Waals surface area contributed by atoms with Gasteiger partial charge in [0.15, 0.2) is 0 Å². The Labute approximate surface area is 174 Å². The molecule has 9 heteroatoms. The molecule has 4 aromatic rings. The molecule has 1 aromatic heterocycles. The highest BCUT2D eigenvalue weighted by Crippen LogP contribution is 2.32. The van der Waals surface area contributed by atoms with Crippen LogP contribution in [0.5, 0.6) is 11.5 Å². The first-order chi connectivity index (χ1) is 14.8. The molecular weight excluding hydrogens is 411 g/mol. The van der Waals surface area contributed by atoms with E-state index in [1.165, 1.54) is 16.8 Å². The zero-order valence-electron chi connectivity index (χ0n) is 15.9. The van der Waals surface area contributed by atoms with E-state index in [2.05, 4.69) is 10.4 Å². The van der Waals surface area contributed by atoms with Crippen molar-refractivity contribution >= 4 is 17.0 Å². The highest BCUT2D eigenvalue weighted by atomic mass is 19.4. The third-order valence-electron chi connectivity index (χ3n) is 4.55. The lowest BCUT2D eigenvalue weighted by atomic mass is 10.1. The number of alkyl halides is 3. The zero-order valence-corrected chi connectivity index (χ0v) is 15.9. The lowest BCUT2D eigenvalue weighted by molar-refractivity contribution is -0.137. The second kappa shape index (κ2) is 8.02. The Hall–Kier alpha value is -4.01. The Kier molecular flexibility index (Phi) is 5.24. The van der Waals surface area contributed by atoms with Gasteiger partial charge in [-0.15, -0.1) is 0 Å². The first-order valence-corrected chi connectivity index (χ1v) is 9.20. The number of ether oxygens (including phenoxy) is 1. The molecule has 6 nitrogen and oxygen atoms in total. The Balaban J connectivity index is 1.76. The maximum atomic E-state index is 12.9. The molecule has 2 N–H and O–H groups in total. The monoisotopic (exact) mass is 427 g/mol. The van der Waals surface area contributed by atoms with Gasteiger partial charge < -0.3 is 15.2 Å². The van der Waals surface area contributed by atoms with Crippen LogP contribution in [0.15, 0.2) is 72.8 Å². The van der Waals surface area contributed by atoms with Gasteiger partial charge in [0.05, 0.1) is 29.0 Å². The molecule has 0 radical (unpaired) electrons. The second-order valence-corrected chi connectivity index (χ2v) is 6.66. The number of nitrogens with one attached hydrogen (secondary N) is 1. The number of amides is 1. The molecule has 0 saturated heterocycles. The SMILES string of the molecule is O=C(O)NCc1nn(-c2ccc(C(F)(F)F)cc2)c2ccc(Oc3ccccc3)cc12. The molecule has 3 aromatic carbocycles. The summed E-state index contributed by atoms with van der Waals surface area (Å²) in [6.45, 7) is -0.0751. The summed E-state index contributed by atoms with van der Waals surface area (Å²) in [6.07, 6.45) is -5.65. The van der Waals surface area contributed by atoms with Crippen LogP contribution in [0.3, 0.4) is 0 Å². The summed E-state index contributed by atoms with van der Waals surface area (Å²) < 4.78 is 45.9. The molecule has 0 fully saturated rings. The van der Waals surface area contributed by atoms with E-state index in [1.54, 1.807) is 30.3 Å². The zero-order chi connectivity index (χ0) is 22.0. The van der Waals surface area contributed by atoms with E-state index in [0.717, 1.165) is 12.1 Å². The highest BCUT2D eigenvalue weighted by Gasteiger charge is 2.30. The van der Waals surface area contributed by atoms with Gasteiger partial charge in [0.1, 0.15) is 11.5 Å². The molecule has 0 saturated carbocycles. The smallest absolute Gasteiger partial charge is 0.416 e. The standard InChI is InChI=1S/C22H16F3N3O3/c23-22(24,25)14-6-8-15(9-7-14)28-20-11-10-17(31-16-4-2-1-3-5-16)12-18(20)19(27-28)13-26-21(29)30/h1-12,26H,13H2,(H,29,30). The number of nitrogens with zero attached hydrogens (tertiary/aromatic N) is 2. The molecule has 31 heavy (non-hydrogen) atoms. The first-order valence-electron chi connectivity index (χ1n) is 9.20. The average molecular weight is 427 g/mol. The van der Waals surface area contributed by atoms with Crippen molar-refractivity contribution in [1.82, 2.24) is 15.1 Å². The van der Waals surface area contributed by atoms with Crippen molar-refractivity contribution in [1.29, 1.82) is 0 Å². The van der Waals surface area contributed by atoms with E-state index in [9.17, 15) is 18.0 Å². The minimum Gasteiger partial charge on any atom is -0.465 e. The summed E-state index contributed by atoms with van der Waals surface area (Å²) in [5.41, 5.74) is 0.661. The first kappa shape index (κ1) is 20.3. The van der Waals surface area contributed by atoms with Crippen LogP contribution in [0.25, 0.3) is 16.6 Å². The molecule has 0 spiro atoms. The van der Waals surface area contributed by atoms with E-state index in [1.807, 2.05) is 18.2 Å². The number of rotatable bonds is 5. The fraction of sp³-hybridized carbons (Fsp3) is 0.0909. The van der Waals surface area contributed by atoms with Crippen molar-refractivity contribution in [3.63, 3.8) is 0 Å². The Morgan fingerprint density at radius 3 is 2.35 bits per heavy atom. The molecule has 0 atom stereocenters. The maximum Gasteiger partial charge on any atom is 0.416 e. The molecule has 1 heterocycles. The van der Waals surface area contributed by atoms with E-state index >= 15 is 0 Å². The van der Waals surface area contributed by atoms with E-state index in [0.29, 0.717) is 33.8 Å². The van der Waals surface area contributed by atoms with Crippen LogP contribution in [-0.4, -0.2) is 21.0 Å². The molecule has 0 unspecified atom stereocenters.